The van der Waals surface area contributed by atoms with Crippen molar-refractivity contribution in [2.45, 2.75) is 25.4 Å². The molecule has 0 saturated carbocycles. The number of rotatable bonds is 4. The summed E-state index contributed by atoms with van der Waals surface area (Å²) < 4.78 is 11.0. The molecule has 2 aromatic carbocycles. The van der Waals surface area contributed by atoms with E-state index in [0.29, 0.717) is 29.6 Å². The Balaban J connectivity index is 1.74. The Kier molecular flexibility index (Phi) is 4.43. The van der Waals surface area contributed by atoms with Gasteiger partial charge in [-0.25, -0.2) is 0 Å². The van der Waals surface area contributed by atoms with Crippen LogP contribution in [0.25, 0.3) is 10.9 Å². The van der Waals surface area contributed by atoms with E-state index in [1.807, 2.05) is 37.3 Å². The third-order valence-electron chi connectivity index (χ3n) is 6.17. The number of amides is 1. The van der Waals surface area contributed by atoms with Gasteiger partial charge in [-0.1, -0.05) is 24.3 Å². The van der Waals surface area contributed by atoms with E-state index in [2.05, 4.69) is 22.0 Å². The first-order valence-corrected chi connectivity index (χ1v) is 10.4. The number of nitrogens with zero attached hydrogens (tertiary/aromatic N) is 2. The molecule has 0 radical (unpaired) electrons. The Hall–Kier alpha value is -3.06. The zero-order valence-electron chi connectivity index (χ0n) is 17.1. The third kappa shape index (κ3) is 2.55. The lowest BCUT2D eigenvalue weighted by atomic mass is 9.89. The van der Waals surface area contributed by atoms with Crippen molar-refractivity contribution in [3.8, 4) is 11.5 Å². The average Bonchev–Trinajstić information content (AvgIpc) is 3.26. The van der Waals surface area contributed by atoms with Gasteiger partial charge < -0.3 is 19.4 Å². The number of hydrogen-bond acceptors (Lipinski definition) is 4. The first-order valence-electron chi connectivity index (χ1n) is 10.0. The van der Waals surface area contributed by atoms with Crippen molar-refractivity contribution in [2.24, 2.45) is 0 Å². The van der Waals surface area contributed by atoms with Crippen LogP contribution in [0.3, 0.4) is 0 Å². The molecular formula is C23H23N3O3S. The number of carbonyl (C=O) groups is 1. The third-order valence-corrected chi connectivity index (χ3v) is 6.61. The van der Waals surface area contributed by atoms with E-state index < -0.39 is 0 Å². The van der Waals surface area contributed by atoms with Gasteiger partial charge >= 0.3 is 0 Å². The summed E-state index contributed by atoms with van der Waals surface area (Å²) in [5.41, 5.74) is 4.33. The van der Waals surface area contributed by atoms with Crippen molar-refractivity contribution < 1.29 is 14.3 Å². The average molecular weight is 422 g/mol. The minimum atomic E-state index is -0.303. The summed E-state index contributed by atoms with van der Waals surface area (Å²) in [6.07, 6.45) is 0.638. The lowest BCUT2D eigenvalue weighted by Crippen LogP contribution is -2.44. The van der Waals surface area contributed by atoms with Gasteiger partial charge in [0.05, 0.1) is 20.3 Å². The van der Waals surface area contributed by atoms with E-state index in [1.165, 1.54) is 5.56 Å². The fraction of sp³-hybridized carbons (Fsp3) is 0.304. The fourth-order valence-electron chi connectivity index (χ4n) is 4.79. The molecule has 30 heavy (non-hydrogen) atoms. The normalized spacial score (nSPS) is 20.5. The molecule has 1 unspecified atom stereocenters. The van der Waals surface area contributed by atoms with E-state index in [-0.39, 0.29) is 18.0 Å². The van der Waals surface area contributed by atoms with E-state index in [4.69, 9.17) is 21.7 Å². The molecule has 154 valence electrons. The standard InChI is InChI=1S/C23H23N3O3S/c1-4-25-22(27)17-12-15-14-7-5-6-8-16(14)24-20(15)21(26(17)23(25)30)13-9-10-18(28-2)19(11-13)29-3/h5-11,17,21,24H,4,12H2,1-3H3/t17-,21?/m0/s1. The summed E-state index contributed by atoms with van der Waals surface area (Å²) in [6, 6.07) is 13.6. The van der Waals surface area contributed by atoms with Gasteiger partial charge in [0.25, 0.3) is 5.91 Å². The Bertz CT molecular complexity index is 1170. The molecule has 1 fully saturated rings. The molecule has 2 aliphatic heterocycles. The molecule has 2 aliphatic rings. The fourth-order valence-corrected chi connectivity index (χ4v) is 5.24. The van der Waals surface area contributed by atoms with Crippen molar-refractivity contribution >= 4 is 34.1 Å². The molecule has 5 rings (SSSR count). The first-order chi connectivity index (χ1) is 14.6. The summed E-state index contributed by atoms with van der Waals surface area (Å²) in [5.74, 6) is 1.39. The molecule has 3 aromatic rings. The number of ether oxygens (including phenoxy) is 2. The van der Waals surface area contributed by atoms with Crippen LogP contribution in [0.5, 0.6) is 11.5 Å². The molecule has 0 aliphatic carbocycles. The van der Waals surface area contributed by atoms with Crippen molar-refractivity contribution in [3.05, 3.63) is 59.3 Å². The number of methoxy groups -OCH3 is 2. The van der Waals surface area contributed by atoms with Gasteiger partial charge in [-0.15, -0.1) is 0 Å². The molecule has 3 heterocycles. The van der Waals surface area contributed by atoms with Gasteiger partial charge in [0.1, 0.15) is 6.04 Å². The highest BCUT2D eigenvalue weighted by molar-refractivity contribution is 7.80. The predicted molar refractivity (Wildman–Crippen MR) is 119 cm³/mol. The maximum Gasteiger partial charge on any atom is 0.251 e. The molecular weight excluding hydrogens is 398 g/mol. The molecule has 1 amide bonds. The number of hydrogen-bond donors (Lipinski definition) is 1. The van der Waals surface area contributed by atoms with Crippen LogP contribution in [-0.2, 0) is 11.2 Å². The van der Waals surface area contributed by atoms with Crippen LogP contribution in [0, 0.1) is 0 Å². The minimum absolute atomic E-state index is 0.0731. The van der Waals surface area contributed by atoms with E-state index in [1.54, 1.807) is 19.1 Å². The maximum atomic E-state index is 13.2. The highest BCUT2D eigenvalue weighted by atomic mass is 32.1. The van der Waals surface area contributed by atoms with Gasteiger partial charge in [-0.3, -0.25) is 9.69 Å². The second-order valence-corrected chi connectivity index (χ2v) is 7.94. The SMILES string of the molecule is CCN1C(=O)[C@@H]2Cc3c([nH]c4ccccc34)C(c3ccc(OC)c(OC)c3)N2C1=S. The highest BCUT2D eigenvalue weighted by Crippen LogP contribution is 2.45. The van der Waals surface area contributed by atoms with Crippen molar-refractivity contribution in [2.75, 3.05) is 20.8 Å². The van der Waals surface area contributed by atoms with E-state index in [9.17, 15) is 4.79 Å². The second-order valence-electron chi connectivity index (χ2n) is 7.57. The van der Waals surface area contributed by atoms with Crippen LogP contribution in [0.4, 0.5) is 0 Å². The summed E-state index contributed by atoms with van der Waals surface area (Å²) >= 11 is 5.77. The number of likely N-dealkylation sites (N-methyl/N-ethyl adjacent to an activating group) is 1. The van der Waals surface area contributed by atoms with Crippen LogP contribution >= 0.6 is 12.2 Å². The van der Waals surface area contributed by atoms with Crippen LogP contribution in [0.15, 0.2) is 42.5 Å². The smallest absolute Gasteiger partial charge is 0.251 e. The molecule has 0 spiro atoms. The van der Waals surface area contributed by atoms with Gasteiger partial charge in [0.2, 0.25) is 0 Å². The van der Waals surface area contributed by atoms with Crippen LogP contribution in [-0.4, -0.2) is 52.6 Å². The predicted octanol–water partition coefficient (Wildman–Crippen LogP) is 3.65. The zero-order chi connectivity index (χ0) is 21.0. The van der Waals surface area contributed by atoms with E-state index >= 15 is 0 Å². The first kappa shape index (κ1) is 18.9. The number of aromatic nitrogens is 1. The lowest BCUT2D eigenvalue weighted by Gasteiger charge is -2.37. The second kappa shape index (κ2) is 7.02. The number of carbonyl (C=O) groups excluding carboxylic acids is 1. The molecule has 7 heteroatoms. The summed E-state index contributed by atoms with van der Waals surface area (Å²) in [4.78, 5) is 20.6. The van der Waals surface area contributed by atoms with Crippen molar-refractivity contribution in [3.63, 3.8) is 0 Å². The number of benzene rings is 2. The van der Waals surface area contributed by atoms with Crippen molar-refractivity contribution in [1.82, 2.24) is 14.8 Å². The Labute approximate surface area is 180 Å². The summed E-state index contributed by atoms with van der Waals surface area (Å²) in [6.45, 7) is 2.53. The van der Waals surface area contributed by atoms with Crippen LogP contribution in [0.1, 0.15) is 29.8 Å². The topological polar surface area (TPSA) is 57.8 Å². The number of H-pyrrole nitrogens is 1. The molecule has 0 bridgehead atoms. The Morgan fingerprint density at radius 1 is 1.13 bits per heavy atom. The molecule has 6 nitrogen and oxygen atoms in total. The van der Waals surface area contributed by atoms with Crippen molar-refractivity contribution in [1.29, 1.82) is 0 Å². The Morgan fingerprint density at radius 3 is 2.63 bits per heavy atom. The quantitative estimate of drug-likeness (QED) is 0.652. The maximum absolute atomic E-state index is 13.2. The Morgan fingerprint density at radius 2 is 1.90 bits per heavy atom. The van der Waals surface area contributed by atoms with Crippen LogP contribution in [0.2, 0.25) is 0 Å². The largest absolute Gasteiger partial charge is 0.493 e. The zero-order valence-corrected chi connectivity index (χ0v) is 18.0. The van der Waals surface area contributed by atoms with Crippen LogP contribution < -0.4 is 9.47 Å². The van der Waals surface area contributed by atoms with E-state index in [0.717, 1.165) is 22.2 Å². The lowest BCUT2D eigenvalue weighted by molar-refractivity contribution is -0.128. The molecule has 1 N–H and O–H groups in total. The number of thiocarbonyl (C=S) groups is 1. The number of para-hydroxylation sites is 1. The molecule has 1 aromatic heterocycles. The number of fused-ring (bicyclic) bond motifs is 4. The number of aromatic amines is 1. The molecule has 2 atom stereocenters. The minimum Gasteiger partial charge on any atom is -0.493 e. The van der Waals surface area contributed by atoms with Gasteiger partial charge in [0, 0.05) is 29.6 Å². The molecule has 1 saturated heterocycles. The summed E-state index contributed by atoms with van der Waals surface area (Å²) in [5, 5.41) is 1.74. The monoisotopic (exact) mass is 421 g/mol. The van der Waals surface area contributed by atoms with Gasteiger partial charge in [-0.05, 0) is 48.5 Å². The number of nitrogens with one attached hydrogen (secondary N) is 1. The van der Waals surface area contributed by atoms with Gasteiger partial charge in [-0.2, -0.15) is 0 Å². The summed E-state index contributed by atoms with van der Waals surface area (Å²) in [7, 11) is 3.25. The van der Waals surface area contributed by atoms with Gasteiger partial charge in [0.15, 0.2) is 16.6 Å². The highest BCUT2D eigenvalue weighted by Gasteiger charge is 2.50.